The second-order valence-corrected chi connectivity index (χ2v) is 22.9. The third-order valence-corrected chi connectivity index (χ3v) is 14.3. The summed E-state index contributed by atoms with van der Waals surface area (Å²) in [5.74, 6) is -0.531. The zero-order valence-electron chi connectivity index (χ0n) is 46.5. The van der Waals surface area contributed by atoms with Gasteiger partial charge < -0.3 is 28.5 Å². The van der Waals surface area contributed by atoms with Crippen molar-refractivity contribution in [2.24, 2.45) is 0 Å². The van der Waals surface area contributed by atoms with E-state index in [0.29, 0.717) is 17.4 Å². The molecule has 0 aromatic carbocycles. The Hall–Kier alpha value is -1.51. The largest absolute Gasteiger partial charge is 0.756 e. The maximum Gasteiger partial charge on any atom is 0.306 e. The maximum absolute atomic E-state index is 13.4. The molecule has 0 aromatic rings. The van der Waals surface area contributed by atoms with Crippen molar-refractivity contribution in [2.75, 3.05) is 40.9 Å². The Bertz CT molecular complexity index is 1240. The van der Waals surface area contributed by atoms with Crippen LogP contribution in [0.5, 0.6) is 0 Å². The van der Waals surface area contributed by atoms with Gasteiger partial charge in [-0.1, -0.05) is 244 Å². The lowest BCUT2D eigenvalue weighted by Gasteiger charge is -2.30. The fourth-order valence-corrected chi connectivity index (χ4v) is 9.48. The Labute approximate surface area is 428 Å². The van der Waals surface area contributed by atoms with Crippen LogP contribution < -0.4 is 10.2 Å². The molecule has 408 valence electrons. The molecule has 0 spiro atoms. The fraction of sp³-hybridized carbons (Fsp3) is 0.898. The number of allylic oxidation sites excluding steroid dienone is 3. The third kappa shape index (κ3) is 51.2. The molecule has 0 fully saturated rings. The van der Waals surface area contributed by atoms with Gasteiger partial charge in [-0.2, -0.15) is 0 Å². The Balaban J connectivity index is 5.15. The van der Waals surface area contributed by atoms with Crippen molar-refractivity contribution in [3.8, 4) is 0 Å². The van der Waals surface area contributed by atoms with E-state index in [4.69, 9.17) is 13.8 Å². The van der Waals surface area contributed by atoms with Crippen molar-refractivity contribution in [3.05, 3.63) is 24.3 Å². The molecule has 3 unspecified atom stereocenters. The number of quaternary nitrogens is 1. The molecule has 3 atom stereocenters. The normalized spacial score (nSPS) is 13.9. The number of ether oxygens (including phenoxy) is 1. The minimum Gasteiger partial charge on any atom is -0.756 e. The Morgan fingerprint density at radius 1 is 0.493 bits per heavy atom. The highest BCUT2D eigenvalue weighted by Gasteiger charge is 2.27. The van der Waals surface area contributed by atoms with Crippen LogP contribution in [0.1, 0.15) is 290 Å². The first-order valence-corrected chi connectivity index (χ1v) is 31.1. The van der Waals surface area contributed by atoms with Crippen LogP contribution in [-0.4, -0.2) is 69.4 Å². The molecule has 0 bridgehead atoms. The molecule has 0 aliphatic rings. The smallest absolute Gasteiger partial charge is 0.306 e. The summed E-state index contributed by atoms with van der Waals surface area (Å²) in [6, 6.07) is -0.880. The number of esters is 1. The number of nitrogens with one attached hydrogen (secondary N) is 1. The van der Waals surface area contributed by atoms with Crippen molar-refractivity contribution >= 4 is 19.7 Å². The number of amides is 1. The van der Waals surface area contributed by atoms with Gasteiger partial charge in [0, 0.05) is 12.8 Å². The average Bonchev–Trinajstić information content (AvgIpc) is 3.31. The second kappa shape index (κ2) is 50.0. The molecule has 0 aliphatic carbocycles. The maximum atomic E-state index is 13.4. The lowest BCUT2D eigenvalue weighted by Crippen LogP contribution is -2.47. The summed E-state index contributed by atoms with van der Waals surface area (Å²) in [5.41, 5.74) is 0. The fourth-order valence-electron chi connectivity index (χ4n) is 8.75. The summed E-state index contributed by atoms with van der Waals surface area (Å²) < 4.78 is 30.2. The summed E-state index contributed by atoms with van der Waals surface area (Å²) in [4.78, 5) is 39.8. The zero-order valence-corrected chi connectivity index (χ0v) is 47.4. The van der Waals surface area contributed by atoms with Crippen molar-refractivity contribution in [1.82, 2.24) is 5.32 Å². The highest BCUT2D eigenvalue weighted by atomic mass is 31.2. The first-order valence-electron chi connectivity index (χ1n) is 29.6. The quantitative estimate of drug-likeness (QED) is 0.0212. The summed E-state index contributed by atoms with van der Waals surface area (Å²) in [5, 5.41) is 3.02. The van der Waals surface area contributed by atoms with Gasteiger partial charge in [-0.15, -0.1) is 0 Å². The highest BCUT2D eigenvalue weighted by Crippen LogP contribution is 2.38. The van der Waals surface area contributed by atoms with E-state index in [-0.39, 0.29) is 31.5 Å². The van der Waals surface area contributed by atoms with E-state index in [1.54, 1.807) is 0 Å². The monoisotopic (exact) mass is 995 g/mol. The molecular weight excluding hydrogens is 880 g/mol. The number of rotatable bonds is 54. The number of phosphoric ester groups is 1. The Morgan fingerprint density at radius 2 is 0.841 bits per heavy atom. The molecule has 10 heteroatoms. The number of hydrogen-bond donors (Lipinski definition) is 1. The third-order valence-electron chi connectivity index (χ3n) is 13.4. The number of carbonyl (C=O) groups is 2. The van der Waals surface area contributed by atoms with Crippen molar-refractivity contribution < 1.29 is 37.3 Å². The predicted molar refractivity (Wildman–Crippen MR) is 293 cm³/mol. The van der Waals surface area contributed by atoms with E-state index in [9.17, 15) is 19.0 Å². The van der Waals surface area contributed by atoms with Crippen LogP contribution in [0.3, 0.4) is 0 Å². The van der Waals surface area contributed by atoms with Crippen LogP contribution in [-0.2, 0) is 27.9 Å². The van der Waals surface area contributed by atoms with Gasteiger partial charge in [-0.05, 0) is 57.4 Å². The van der Waals surface area contributed by atoms with Gasteiger partial charge in [0.25, 0.3) is 7.82 Å². The van der Waals surface area contributed by atoms with E-state index in [1.165, 1.54) is 199 Å². The Kier molecular flexibility index (Phi) is 48.9. The SMILES string of the molecule is CCCCCCCC/C=C/CCCCCCCCCCCCCC(=O)OC(/C=C/CCCCCCCCCCC)C(COP(=O)([O-])OCC[N+](C)(C)C)NC(=O)CCCCCCCCCCCCC. The van der Waals surface area contributed by atoms with Gasteiger partial charge in [0.15, 0.2) is 0 Å². The standard InChI is InChI=1S/C59H115N2O7P/c1-7-10-13-16-19-22-25-26-27-28-29-30-31-32-33-34-37-40-43-46-49-52-59(63)68-57(50-47-44-41-38-35-23-20-17-14-11-8-2)56(55-67-69(64,65)66-54-53-61(4,5)6)60-58(62)51-48-45-42-39-36-24-21-18-15-12-9-3/h26-27,47,50,56-57H,7-25,28-46,48-49,51-55H2,1-6H3,(H-,60,62,64,65)/b27-26+,50-47+. The van der Waals surface area contributed by atoms with Crippen molar-refractivity contribution in [1.29, 1.82) is 0 Å². The van der Waals surface area contributed by atoms with Gasteiger partial charge in [0.05, 0.1) is 33.8 Å². The lowest BCUT2D eigenvalue weighted by atomic mass is 10.0. The van der Waals surface area contributed by atoms with Gasteiger partial charge in [-0.3, -0.25) is 14.2 Å². The predicted octanol–water partition coefficient (Wildman–Crippen LogP) is 17.1. The summed E-state index contributed by atoms with van der Waals surface area (Å²) in [7, 11) is 1.20. The van der Waals surface area contributed by atoms with E-state index in [2.05, 4.69) is 38.2 Å². The van der Waals surface area contributed by atoms with Gasteiger partial charge >= 0.3 is 5.97 Å². The van der Waals surface area contributed by atoms with Gasteiger partial charge in [0.1, 0.15) is 19.3 Å². The van der Waals surface area contributed by atoms with Crippen LogP contribution in [0.25, 0.3) is 0 Å². The Morgan fingerprint density at radius 3 is 1.23 bits per heavy atom. The van der Waals surface area contributed by atoms with Crippen LogP contribution in [0.4, 0.5) is 0 Å². The molecule has 0 saturated heterocycles. The minimum atomic E-state index is -4.68. The molecule has 0 aromatic heterocycles. The molecule has 0 saturated carbocycles. The minimum absolute atomic E-state index is 0.0190. The van der Waals surface area contributed by atoms with E-state index >= 15 is 0 Å². The average molecular weight is 996 g/mol. The van der Waals surface area contributed by atoms with Crippen molar-refractivity contribution in [3.63, 3.8) is 0 Å². The number of carbonyl (C=O) groups excluding carboxylic acids is 2. The van der Waals surface area contributed by atoms with Crippen molar-refractivity contribution in [2.45, 2.75) is 303 Å². The number of unbranched alkanes of at least 4 members (excludes halogenated alkanes) is 36. The van der Waals surface area contributed by atoms with Crippen LogP contribution in [0.15, 0.2) is 24.3 Å². The molecule has 1 amide bonds. The molecule has 0 radical (unpaired) electrons. The highest BCUT2D eigenvalue weighted by molar-refractivity contribution is 7.45. The van der Waals surface area contributed by atoms with Crippen LogP contribution in [0, 0.1) is 0 Å². The number of hydrogen-bond acceptors (Lipinski definition) is 7. The topological polar surface area (TPSA) is 114 Å². The summed E-state index contributed by atoms with van der Waals surface area (Å²) >= 11 is 0. The summed E-state index contributed by atoms with van der Waals surface area (Å²) in [6.45, 7) is 6.85. The van der Waals surface area contributed by atoms with E-state index in [1.807, 2.05) is 33.3 Å². The lowest BCUT2D eigenvalue weighted by molar-refractivity contribution is -0.870. The van der Waals surface area contributed by atoms with Gasteiger partial charge in [-0.25, -0.2) is 0 Å². The molecular formula is C59H115N2O7P. The van der Waals surface area contributed by atoms with Gasteiger partial charge in [0.2, 0.25) is 5.91 Å². The number of likely N-dealkylation sites (N-methyl/N-ethyl adjacent to an activating group) is 1. The number of phosphoric acid groups is 1. The summed E-state index contributed by atoms with van der Waals surface area (Å²) in [6.07, 6.45) is 57.2. The van der Waals surface area contributed by atoms with E-state index in [0.717, 1.165) is 57.8 Å². The molecule has 0 rings (SSSR count). The van der Waals surface area contributed by atoms with Crippen LogP contribution >= 0.6 is 7.82 Å². The first-order chi connectivity index (χ1) is 33.4. The second-order valence-electron chi connectivity index (χ2n) is 21.5. The van der Waals surface area contributed by atoms with Crippen LogP contribution in [0.2, 0.25) is 0 Å². The molecule has 0 aliphatic heterocycles. The number of nitrogens with zero attached hydrogens (tertiary/aromatic N) is 1. The first kappa shape index (κ1) is 67.5. The molecule has 9 nitrogen and oxygen atoms in total. The van der Waals surface area contributed by atoms with E-state index < -0.39 is 20.0 Å². The molecule has 69 heavy (non-hydrogen) atoms. The zero-order chi connectivity index (χ0) is 50.8. The molecule has 0 heterocycles. The molecule has 1 N–H and O–H groups in total.